The lowest BCUT2D eigenvalue weighted by atomic mass is 10.1. The fraction of sp³-hybridized carbons (Fsp3) is 0.300. The number of anilines is 1. The zero-order valence-electron chi connectivity index (χ0n) is 8.70. The van der Waals surface area contributed by atoms with Crippen molar-refractivity contribution in [2.24, 2.45) is 0 Å². The van der Waals surface area contributed by atoms with Crippen LogP contribution in [0.3, 0.4) is 0 Å². The van der Waals surface area contributed by atoms with E-state index in [9.17, 15) is 13.6 Å². The molecule has 0 bridgehead atoms. The summed E-state index contributed by atoms with van der Waals surface area (Å²) in [6, 6.07) is 1.98. The molecule has 0 fully saturated rings. The second kappa shape index (κ2) is 4.89. The van der Waals surface area contributed by atoms with E-state index < -0.39 is 23.1 Å². The Balaban J connectivity index is 3.12. The molecule has 16 heavy (non-hydrogen) atoms. The Morgan fingerprint density at radius 1 is 1.50 bits per heavy atom. The maximum absolute atomic E-state index is 13.4. The number of likely N-dealkylation sites (N-methyl/N-ethyl adjacent to an activating group) is 1. The summed E-state index contributed by atoms with van der Waals surface area (Å²) in [5, 5.41) is 8.62. The van der Waals surface area contributed by atoms with Crippen molar-refractivity contribution in [2.45, 2.75) is 0 Å². The molecule has 0 heterocycles. The lowest BCUT2D eigenvalue weighted by Crippen LogP contribution is -2.31. The first-order valence-corrected chi connectivity index (χ1v) is 4.58. The van der Waals surface area contributed by atoms with Crippen LogP contribution in [0.15, 0.2) is 12.1 Å². The summed E-state index contributed by atoms with van der Waals surface area (Å²) in [4.78, 5) is 12.6. The maximum atomic E-state index is 13.4. The van der Waals surface area contributed by atoms with Crippen molar-refractivity contribution in [1.82, 2.24) is 4.90 Å². The van der Waals surface area contributed by atoms with Gasteiger partial charge in [-0.3, -0.25) is 4.79 Å². The number of nitrogens with zero attached hydrogens (tertiary/aromatic N) is 1. The van der Waals surface area contributed by atoms with Gasteiger partial charge in [-0.15, -0.1) is 0 Å². The van der Waals surface area contributed by atoms with E-state index >= 15 is 0 Å². The van der Waals surface area contributed by atoms with Crippen LogP contribution in [0.5, 0.6) is 0 Å². The van der Waals surface area contributed by atoms with Crippen molar-refractivity contribution in [3.05, 3.63) is 29.3 Å². The number of nitrogen functional groups attached to an aromatic ring is 1. The van der Waals surface area contributed by atoms with E-state index in [2.05, 4.69) is 0 Å². The Morgan fingerprint density at radius 3 is 2.69 bits per heavy atom. The predicted octanol–water partition coefficient (Wildman–Crippen LogP) is 0.611. The molecule has 4 nitrogen and oxygen atoms in total. The monoisotopic (exact) mass is 230 g/mol. The third kappa shape index (κ3) is 2.27. The molecule has 0 saturated carbocycles. The van der Waals surface area contributed by atoms with E-state index in [1.165, 1.54) is 7.05 Å². The Bertz CT molecular complexity index is 410. The Labute approximate surface area is 91.3 Å². The van der Waals surface area contributed by atoms with Crippen LogP contribution in [-0.2, 0) is 0 Å². The fourth-order valence-corrected chi connectivity index (χ4v) is 1.21. The minimum Gasteiger partial charge on any atom is -0.396 e. The minimum atomic E-state index is -1.07. The summed E-state index contributed by atoms with van der Waals surface area (Å²) in [5.74, 6) is -2.90. The van der Waals surface area contributed by atoms with Gasteiger partial charge in [-0.25, -0.2) is 8.78 Å². The molecule has 0 aliphatic heterocycles. The standard InChI is InChI=1S/C10H12F2N2O2/c1-14(4-5-15)10(16)8-6(11)2-3-7(13)9(8)12/h2-3,15H,4-5,13H2,1H3. The number of amides is 1. The van der Waals surface area contributed by atoms with Gasteiger partial charge in [0.1, 0.15) is 11.4 Å². The lowest BCUT2D eigenvalue weighted by Gasteiger charge is -2.16. The van der Waals surface area contributed by atoms with Gasteiger partial charge in [0.2, 0.25) is 0 Å². The summed E-state index contributed by atoms with van der Waals surface area (Å²) >= 11 is 0. The summed E-state index contributed by atoms with van der Waals surface area (Å²) in [7, 11) is 1.33. The Hall–Kier alpha value is -1.69. The smallest absolute Gasteiger partial charge is 0.259 e. The largest absolute Gasteiger partial charge is 0.396 e. The van der Waals surface area contributed by atoms with Gasteiger partial charge < -0.3 is 15.7 Å². The number of rotatable bonds is 3. The van der Waals surface area contributed by atoms with Crippen molar-refractivity contribution in [1.29, 1.82) is 0 Å². The van der Waals surface area contributed by atoms with Crippen LogP contribution in [-0.4, -0.2) is 36.1 Å². The number of aliphatic hydroxyl groups excluding tert-OH is 1. The summed E-state index contributed by atoms with van der Waals surface area (Å²) in [6.45, 7) is -0.291. The van der Waals surface area contributed by atoms with Gasteiger partial charge in [-0.05, 0) is 12.1 Å². The molecule has 0 radical (unpaired) electrons. The first-order chi connectivity index (χ1) is 7.49. The minimum absolute atomic E-state index is 0.00743. The molecule has 0 aromatic heterocycles. The van der Waals surface area contributed by atoms with E-state index in [1.807, 2.05) is 0 Å². The molecule has 3 N–H and O–H groups in total. The van der Waals surface area contributed by atoms with Crippen molar-refractivity contribution in [2.75, 3.05) is 25.9 Å². The number of benzene rings is 1. The van der Waals surface area contributed by atoms with Crippen molar-refractivity contribution in [3.63, 3.8) is 0 Å². The second-order valence-electron chi connectivity index (χ2n) is 3.28. The van der Waals surface area contributed by atoms with Gasteiger partial charge in [0.05, 0.1) is 12.3 Å². The van der Waals surface area contributed by atoms with Crippen LogP contribution in [0.4, 0.5) is 14.5 Å². The molecular weight excluding hydrogens is 218 g/mol. The van der Waals surface area contributed by atoms with Gasteiger partial charge in [0.25, 0.3) is 5.91 Å². The number of nitrogens with two attached hydrogens (primary N) is 1. The number of hydrogen-bond donors (Lipinski definition) is 2. The molecule has 1 rings (SSSR count). The number of carbonyl (C=O) groups is 1. The van der Waals surface area contributed by atoms with Crippen LogP contribution >= 0.6 is 0 Å². The summed E-state index contributed by atoms with van der Waals surface area (Å²) in [6.07, 6.45) is 0. The van der Waals surface area contributed by atoms with Gasteiger partial charge in [0.15, 0.2) is 5.82 Å². The first kappa shape index (κ1) is 12.4. The van der Waals surface area contributed by atoms with E-state index in [-0.39, 0.29) is 18.8 Å². The van der Waals surface area contributed by atoms with Crippen molar-refractivity contribution < 1.29 is 18.7 Å². The fourth-order valence-electron chi connectivity index (χ4n) is 1.21. The highest BCUT2D eigenvalue weighted by atomic mass is 19.1. The zero-order valence-corrected chi connectivity index (χ0v) is 8.70. The average Bonchev–Trinajstić information content (AvgIpc) is 2.24. The number of aliphatic hydroxyl groups is 1. The third-order valence-corrected chi connectivity index (χ3v) is 2.12. The summed E-state index contributed by atoms with van der Waals surface area (Å²) < 4.78 is 26.7. The molecule has 1 aromatic rings. The third-order valence-electron chi connectivity index (χ3n) is 2.12. The van der Waals surface area contributed by atoms with Gasteiger partial charge in [-0.1, -0.05) is 0 Å². The molecule has 0 saturated heterocycles. The van der Waals surface area contributed by atoms with Crippen molar-refractivity contribution >= 4 is 11.6 Å². The SMILES string of the molecule is CN(CCO)C(=O)c1c(F)ccc(N)c1F. The van der Waals surface area contributed by atoms with Gasteiger partial charge in [0, 0.05) is 13.6 Å². The number of halogens is 2. The maximum Gasteiger partial charge on any atom is 0.259 e. The van der Waals surface area contributed by atoms with Crippen LogP contribution in [0.2, 0.25) is 0 Å². The highest BCUT2D eigenvalue weighted by Gasteiger charge is 2.22. The van der Waals surface area contributed by atoms with E-state index in [4.69, 9.17) is 10.8 Å². The number of hydrogen-bond acceptors (Lipinski definition) is 3. The Kier molecular flexibility index (Phi) is 3.78. The van der Waals surface area contributed by atoms with E-state index in [0.717, 1.165) is 17.0 Å². The molecule has 0 aliphatic carbocycles. The molecule has 0 unspecified atom stereocenters. The van der Waals surface area contributed by atoms with Crippen LogP contribution < -0.4 is 5.73 Å². The molecule has 6 heteroatoms. The van der Waals surface area contributed by atoms with Crippen molar-refractivity contribution in [3.8, 4) is 0 Å². The average molecular weight is 230 g/mol. The molecule has 1 aromatic carbocycles. The second-order valence-corrected chi connectivity index (χ2v) is 3.28. The first-order valence-electron chi connectivity index (χ1n) is 4.58. The topological polar surface area (TPSA) is 66.6 Å². The molecule has 1 amide bonds. The zero-order chi connectivity index (χ0) is 12.3. The van der Waals surface area contributed by atoms with E-state index in [1.54, 1.807) is 0 Å². The Morgan fingerprint density at radius 2 is 2.12 bits per heavy atom. The highest BCUT2D eigenvalue weighted by molar-refractivity contribution is 5.95. The van der Waals surface area contributed by atoms with Crippen LogP contribution in [0, 0.1) is 11.6 Å². The van der Waals surface area contributed by atoms with Crippen LogP contribution in [0.25, 0.3) is 0 Å². The molecule has 0 aliphatic rings. The number of carbonyl (C=O) groups excluding carboxylic acids is 1. The molecule has 88 valence electrons. The molecular formula is C10H12F2N2O2. The quantitative estimate of drug-likeness (QED) is 0.748. The highest BCUT2D eigenvalue weighted by Crippen LogP contribution is 2.19. The lowest BCUT2D eigenvalue weighted by molar-refractivity contribution is 0.0757. The molecule has 0 spiro atoms. The van der Waals surface area contributed by atoms with E-state index in [0.29, 0.717) is 0 Å². The van der Waals surface area contributed by atoms with Gasteiger partial charge >= 0.3 is 0 Å². The normalized spacial score (nSPS) is 10.2. The van der Waals surface area contributed by atoms with Gasteiger partial charge in [-0.2, -0.15) is 0 Å². The predicted molar refractivity (Wildman–Crippen MR) is 54.8 cm³/mol. The molecule has 0 atom stereocenters. The van der Waals surface area contributed by atoms with Crippen LogP contribution in [0.1, 0.15) is 10.4 Å². The summed E-state index contributed by atoms with van der Waals surface area (Å²) in [5.41, 5.74) is 4.25.